The molecule has 0 saturated heterocycles. The number of carbonyl (C=O) groups excluding carboxylic acids is 2. The van der Waals surface area contributed by atoms with Crippen LogP contribution in [0.2, 0.25) is 0 Å². The van der Waals surface area contributed by atoms with E-state index in [1.807, 2.05) is 56.5 Å². The van der Waals surface area contributed by atoms with E-state index >= 15 is 0 Å². The van der Waals surface area contributed by atoms with E-state index in [2.05, 4.69) is 10.3 Å². The number of nitrogens with one attached hydrogen (secondary N) is 2. The van der Waals surface area contributed by atoms with Gasteiger partial charge in [0.05, 0.1) is 4.88 Å². The van der Waals surface area contributed by atoms with Gasteiger partial charge in [0.25, 0.3) is 0 Å². The largest absolute Gasteiger partial charge is 0.444 e. The Kier molecular flexibility index (Phi) is 4.95. The third kappa shape index (κ3) is 4.40. The number of thiophene rings is 1. The molecule has 0 radical (unpaired) electrons. The Morgan fingerprint density at radius 1 is 1.12 bits per heavy atom. The van der Waals surface area contributed by atoms with Gasteiger partial charge in [-0.1, -0.05) is 18.2 Å². The van der Waals surface area contributed by atoms with Crippen LogP contribution in [0.4, 0.5) is 10.5 Å². The molecule has 3 rings (SSSR count). The molecule has 0 spiro atoms. The minimum Gasteiger partial charge on any atom is -0.444 e. The Hall–Kier alpha value is -2.86. The van der Waals surface area contributed by atoms with Gasteiger partial charge in [0.1, 0.15) is 5.60 Å². The molecule has 26 heavy (non-hydrogen) atoms. The highest BCUT2D eigenvalue weighted by Gasteiger charge is 2.16. The number of hydrogen-bond acceptors (Lipinski definition) is 4. The van der Waals surface area contributed by atoms with E-state index in [-0.39, 0.29) is 5.78 Å². The average molecular weight is 368 g/mol. The molecule has 6 heteroatoms. The van der Waals surface area contributed by atoms with Crippen LogP contribution in [0, 0.1) is 0 Å². The molecule has 0 fully saturated rings. The fourth-order valence-electron chi connectivity index (χ4n) is 2.40. The number of carbonyl (C=O) groups is 2. The zero-order valence-corrected chi connectivity index (χ0v) is 15.6. The third-order valence-corrected chi connectivity index (χ3v) is 4.40. The maximum atomic E-state index is 12.4. The molecule has 2 heterocycles. The van der Waals surface area contributed by atoms with Crippen LogP contribution in [0.25, 0.3) is 11.3 Å². The average Bonchev–Trinajstić information content (AvgIpc) is 3.25. The molecule has 3 aromatic rings. The van der Waals surface area contributed by atoms with Gasteiger partial charge in [0, 0.05) is 23.1 Å². The molecule has 0 unspecified atom stereocenters. The second-order valence-electron chi connectivity index (χ2n) is 6.81. The van der Waals surface area contributed by atoms with E-state index in [1.54, 1.807) is 18.3 Å². The second kappa shape index (κ2) is 7.17. The number of H-pyrrole nitrogens is 1. The molecule has 5 nitrogen and oxygen atoms in total. The van der Waals surface area contributed by atoms with Crippen LogP contribution in [0.1, 0.15) is 36.0 Å². The van der Waals surface area contributed by atoms with Crippen LogP contribution in [0.3, 0.4) is 0 Å². The van der Waals surface area contributed by atoms with Crippen LogP contribution in [-0.2, 0) is 4.74 Å². The minimum atomic E-state index is -0.542. The van der Waals surface area contributed by atoms with Crippen molar-refractivity contribution in [2.24, 2.45) is 0 Å². The molecule has 1 aromatic carbocycles. The quantitative estimate of drug-likeness (QED) is 0.612. The molecule has 2 aromatic heterocycles. The van der Waals surface area contributed by atoms with Crippen LogP contribution in [0.5, 0.6) is 0 Å². The van der Waals surface area contributed by atoms with Gasteiger partial charge in [0.15, 0.2) is 0 Å². The maximum Gasteiger partial charge on any atom is 0.412 e. The van der Waals surface area contributed by atoms with Gasteiger partial charge in [-0.05, 0) is 56.0 Å². The smallest absolute Gasteiger partial charge is 0.412 e. The molecular formula is C20H20N2O3S. The molecule has 2 N–H and O–H groups in total. The van der Waals surface area contributed by atoms with Gasteiger partial charge in [0.2, 0.25) is 5.78 Å². The number of ether oxygens (including phenoxy) is 1. The minimum absolute atomic E-state index is 0.00529. The lowest BCUT2D eigenvalue weighted by Crippen LogP contribution is -2.27. The molecule has 134 valence electrons. The number of ketones is 1. The van der Waals surface area contributed by atoms with Crippen LogP contribution >= 0.6 is 11.3 Å². The second-order valence-corrected chi connectivity index (χ2v) is 7.76. The normalized spacial score (nSPS) is 11.2. The van der Waals surface area contributed by atoms with Crippen molar-refractivity contribution in [2.45, 2.75) is 26.4 Å². The third-order valence-electron chi connectivity index (χ3n) is 3.53. The zero-order valence-electron chi connectivity index (χ0n) is 14.8. The monoisotopic (exact) mass is 368 g/mol. The summed E-state index contributed by atoms with van der Waals surface area (Å²) in [7, 11) is 0. The van der Waals surface area contributed by atoms with Gasteiger partial charge in [-0.25, -0.2) is 4.79 Å². The van der Waals surface area contributed by atoms with Crippen molar-refractivity contribution >= 4 is 28.9 Å². The van der Waals surface area contributed by atoms with Gasteiger partial charge in [-0.2, -0.15) is 0 Å². The summed E-state index contributed by atoms with van der Waals surface area (Å²) in [6.07, 6.45) is 1.22. The standard InChI is InChI=1S/C20H20N2O3S/c1-20(2,3)25-19(24)22-15-8-6-13(7-9-15)16-11-14(12-21-16)18(23)17-5-4-10-26-17/h4-12,21H,1-3H3,(H,22,24). The molecule has 0 bridgehead atoms. The highest BCUT2D eigenvalue weighted by atomic mass is 32.1. The predicted molar refractivity (Wildman–Crippen MR) is 104 cm³/mol. The summed E-state index contributed by atoms with van der Waals surface area (Å²) in [4.78, 5) is 28.0. The van der Waals surface area contributed by atoms with Gasteiger partial charge in [-0.3, -0.25) is 10.1 Å². The number of aromatic nitrogens is 1. The first kappa shape index (κ1) is 17.9. The zero-order chi connectivity index (χ0) is 18.7. The van der Waals surface area contributed by atoms with Gasteiger partial charge in [-0.15, -0.1) is 11.3 Å². The topological polar surface area (TPSA) is 71.2 Å². The molecule has 0 aliphatic heterocycles. The summed E-state index contributed by atoms with van der Waals surface area (Å²) < 4.78 is 5.23. The molecule has 1 amide bonds. The summed E-state index contributed by atoms with van der Waals surface area (Å²) >= 11 is 1.43. The van der Waals surface area contributed by atoms with Crippen molar-refractivity contribution in [1.29, 1.82) is 0 Å². The Morgan fingerprint density at radius 2 is 1.85 bits per heavy atom. The number of hydrogen-bond donors (Lipinski definition) is 2. The fraction of sp³-hybridized carbons (Fsp3) is 0.200. The number of benzene rings is 1. The highest BCUT2D eigenvalue weighted by Crippen LogP contribution is 2.24. The van der Waals surface area contributed by atoms with Crippen molar-refractivity contribution in [3.63, 3.8) is 0 Å². The summed E-state index contributed by atoms with van der Waals surface area (Å²) in [5.74, 6) is 0.00529. The van der Waals surface area contributed by atoms with Crippen molar-refractivity contribution in [3.8, 4) is 11.3 Å². The van der Waals surface area contributed by atoms with Crippen molar-refractivity contribution < 1.29 is 14.3 Å². The first-order valence-corrected chi connectivity index (χ1v) is 9.07. The highest BCUT2D eigenvalue weighted by molar-refractivity contribution is 7.12. The van der Waals surface area contributed by atoms with E-state index < -0.39 is 11.7 Å². The molecular weight excluding hydrogens is 348 g/mol. The lowest BCUT2D eigenvalue weighted by Gasteiger charge is -2.19. The summed E-state index contributed by atoms with van der Waals surface area (Å²) in [6.45, 7) is 5.45. The SMILES string of the molecule is CC(C)(C)OC(=O)Nc1ccc(-c2cc(C(=O)c3cccs3)c[nH]2)cc1. The lowest BCUT2D eigenvalue weighted by atomic mass is 10.1. The van der Waals surface area contributed by atoms with Gasteiger partial charge < -0.3 is 9.72 Å². The van der Waals surface area contributed by atoms with Gasteiger partial charge >= 0.3 is 6.09 Å². The predicted octanol–water partition coefficient (Wildman–Crippen LogP) is 5.32. The Morgan fingerprint density at radius 3 is 2.46 bits per heavy atom. The Balaban J connectivity index is 1.69. The summed E-state index contributed by atoms with van der Waals surface area (Å²) in [5.41, 5.74) is 2.49. The molecule has 0 atom stereocenters. The first-order chi connectivity index (χ1) is 12.3. The van der Waals surface area contributed by atoms with Crippen LogP contribution < -0.4 is 5.32 Å². The van der Waals surface area contributed by atoms with E-state index in [0.29, 0.717) is 16.1 Å². The number of anilines is 1. The lowest BCUT2D eigenvalue weighted by molar-refractivity contribution is 0.0635. The van der Waals surface area contributed by atoms with Crippen molar-refractivity contribution in [1.82, 2.24) is 4.98 Å². The summed E-state index contributed by atoms with van der Waals surface area (Å²) in [6, 6.07) is 12.8. The Bertz CT molecular complexity index is 903. The van der Waals surface area contributed by atoms with Crippen LogP contribution in [-0.4, -0.2) is 22.5 Å². The summed E-state index contributed by atoms with van der Waals surface area (Å²) in [5, 5.41) is 4.58. The maximum absolute atomic E-state index is 12.4. The number of aromatic amines is 1. The van der Waals surface area contributed by atoms with E-state index in [0.717, 1.165) is 11.3 Å². The molecule has 0 aliphatic carbocycles. The molecule has 0 aliphatic rings. The Labute approximate surface area is 156 Å². The van der Waals surface area contributed by atoms with Crippen molar-refractivity contribution in [3.05, 3.63) is 64.5 Å². The van der Waals surface area contributed by atoms with E-state index in [4.69, 9.17) is 4.74 Å². The van der Waals surface area contributed by atoms with E-state index in [9.17, 15) is 9.59 Å². The first-order valence-electron chi connectivity index (χ1n) is 8.19. The fourth-order valence-corrected chi connectivity index (χ4v) is 3.08. The molecule has 0 saturated carbocycles. The van der Waals surface area contributed by atoms with E-state index in [1.165, 1.54) is 11.3 Å². The van der Waals surface area contributed by atoms with Crippen molar-refractivity contribution in [2.75, 3.05) is 5.32 Å². The number of amides is 1. The number of rotatable bonds is 4. The van der Waals surface area contributed by atoms with Crippen LogP contribution in [0.15, 0.2) is 54.0 Å².